The Bertz CT molecular complexity index is 651. The van der Waals surface area contributed by atoms with Gasteiger partial charge in [-0.1, -0.05) is 19.1 Å². The lowest BCUT2D eigenvalue weighted by Gasteiger charge is -2.27. The molecule has 0 bridgehead atoms. The number of nitrogens with zero attached hydrogens (tertiary/aromatic N) is 3. The molecule has 5 N–H and O–H groups in total. The van der Waals surface area contributed by atoms with Crippen LogP contribution >= 0.6 is 0 Å². The zero-order valence-electron chi connectivity index (χ0n) is 13.4. The van der Waals surface area contributed by atoms with Crippen LogP contribution in [0.25, 0.3) is 0 Å². The van der Waals surface area contributed by atoms with E-state index in [1.165, 1.54) is 17.9 Å². The molecule has 1 saturated carbocycles. The Morgan fingerprint density at radius 3 is 2.61 bits per heavy atom. The van der Waals surface area contributed by atoms with Gasteiger partial charge in [0.25, 0.3) is 0 Å². The van der Waals surface area contributed by atoms with Crippen LogP contribution in [0.15, 0.2) is 36.5 Å². The molecule has 1 aromatic heterocycles. The van der Waals surface area contributed by atoms with E-state index in [0.717, 1.165) is 24.4 Å². The maximum atomic E-state index is 6.17. The maximum absolute atomic E-state index is 6.17. The molecule has 23 heavy (non-hydrogen) atoms. The SMILES string of the molecule is CC1CCC(Nc2nccc(N(N)c3ccccc3N)n2)CC1. The lowest BCUT2D eigenvalue weighted by molar-refractivity contribution is 0.360. The normalized spacial score (nSPS) is 21.0. The van der Waals surface area contributed by atoms with E-state index in [9.17, 15) is 0 Å². The van der Waals surface area contributed by atoms with Crippen molar-refractivity contribution in [2.24, 2.45) is 11.8 Å². The summed E-state index contributed by atoms with van der Waals surface area (Å²) in [5.41, 5.74) is 7.32. The molecule has 0 unspecified atom stereocenters. The Balaban J connectivity index is 1.73. The summed E-state index contributed by atoms with van der Waals surface area (Å²) in [5, 5.41) is 4.92. The Morgan fingerprint density at radius 2 is 1.87 bits per heavy atom. The van der Waals surface area contributed by atoms with Gasteiger partial charge < -0.3 is 11.1 Å². The molecule has 0 saturated heterocycles. The number of nitrogens with one attached hydrogen (secondary N) is 1. The standard InChI is InChI=1S/C17H24N6/c1-12-6-8-13(9-7-12)21-17-20-11-10-16(22-17)23(19)15-5-3-2-4-14(15)18/h2-5,10-13H,6-9,18-19H2,1H3,(H,20,21,22). The van der Waals surface area contributed by atoms with Crippen LogP contribution in [-0.4, -0.2) is 16.0 Å². The van der Waals surface area contributed by atoms with Crippen LogP contribution in [-0.2, 0) is 0 Å². The van der Waals surface area contributed by atoms with Gasteiger partial charge in [-0.25, -0.2) is 10.8 Å². The Hall–Kier alpha value is -2.34. The highest BCUT2D eigenvalue weighted by Gasteiger charge is 2.19. The molecule has 3 rings (SSSR count). The van der Waals surface area contributed by atoms with Crippen molar-refractivity contribution in [1.82, 2.24) is 9.97 Å². The summed E-state index contributed by atoms with van der Waals surface area (Å²) in [4.78, 5) is 8.84. The highest BCUT2D eigenvalue weighted by Crippen LogP contribution is 2.27. The third-order valence-corrected chi connectivity index (χ3v) is 4.43. The predicted molar refractivity (Wildman–Crippen MR) is 94.3 cm³/mol. The van der Waals surface area contributed by atoms with E-state index >= 15 is 0 Å². The van der Waals surface area contributed by atoms with Crippen LogP contribution in [0, 0.1) is 5.92 Å². The number of para-hydroxylation sites is 2. The summed E-state index contributed by atoms with van der Waals surface area (Å²) in [6.45, 7) is 2.31. The molecule has 1 aliphatic rings. The van der Waals surface area contributed by atoms with Gasteiger partial charge in [0.1, 0.15) is 0 Å². The third kappa shape index (κ3) is 3.71. The molecule has 1 fully saturated rings. The number of rotatable bonds is 4. The molecule has 0 radical (unpaired) electrons. The smallest absolute Gasteiger partial charge is 0.224 e. The maximum Gasteiger partial charge on any atom is 0.224 e. The fourth-order valence-electron chi connectivity index (χ4n) is 2.97. The third-order valence-electron chi connectivity index (χ3n) is 4.43. The predicted octanol–water partition coefficient (Wildman–Crippen LogP) is 3.06. The van der Waals surface area contributed by atoms with Crippen molar-refractivity contribution < 1.29 is 0 Å². The number of benzene rings is 1. The zero-order valence-corrected chi connectivity index (χ0v) is 13.4. The van der Waals surface area contributed by atoms with E-state index in [4.69, 9.17) is 11.6 Å². The number of hydrogen-bond acceptors (Lipinski definition) is 6. The van der Waals surface area contributed by atoms with Gasteiger partial charge in [0.2, 0.25) is 5.95 Å². The monoisotopic (exact) mass is 312 g/mol. The summed E-state index contributed by atoms with van der Waals surface area (Å²) < 4.78 is 0. The Labute approximate surface area is 136 Å². The number of nitrogen functional groups attached to an aromatic ring is 1. The zero-order chi connectivity index (χ0) is 16.2. The van der Waals surface area contributed by atoms with Gasteiger partial charge in [-0.2, -0.15) is 4.98 Å². The van der Waals surface area contributed by atoms with Crippen molar-refractivity contribution in [2.45, 2.75) is 38.6 Å². The Kier molecular flexibility index (Phi) is 4.62. The van der Waals surface area contributed by atoms with Crippen LogP contribution in [0.3, 0.4) is 0 Å². The quantitative estimate of drug-likeness (QED) is 0.456. The fourth-order valence-corrected chi connectivity index (χ4v) is 2.97. The summed E-state index contributed by atoms with van der Waals surface area (Å²) in [6, 6.07) is 9.68. The van der Waals surface area contributed by atoms with Gasteiger partial charge in [-0.05, 0) is 43.7 Å². The van der Waals surface area contributed by atoms with Gasteiger partial charge >= 0.3 is 0 Å². The van der Waals surface area contributed by atoms with E-state index in [1.54, 1.807) is 12.3 Å². The van der Waals surface area contributed by atoms with Gasteiger partial charge in [-0.3, -0.25) is 5.01 Å². The molecule has 2 aromatic rings. The van der Waals surface area contributed by atoms with Crippen molar-refractivity contribution in [2.75, 3.05) is 16.1 Å². The molecule has 1 heterocycles. The van der Waals surface area contributed by atoms with Crippen molar-refractivity contribution in [3.05, 3.63) is 36.5 Å². The number of hydrogen-bond donors (Lipinski definition) is 3. The molecule has 0 aliphatic heterocycles. The second-order valence-corrected chi connectivity index (χ2v) is 6.27. The molecule has 0 spiro atoms. The Morgan fingerprint density at radius 1 is 1.13 bits per heavy atom. The second kappa shape index (κ2) is 6.83. The second-order valence-electron chi connectivity index (χ2n) is 6.27. The molecule has 6 nitrogen and oxygen atoms in total. The molecule has 0 amide bonds. The summed E-state index contributed by atoms with van der Waals surface area (Å²) in [6.07, 6.45) is 6.54. The fraction of sp³-hybridized carbons (Fsp3) is 0.412. The van der Waals surface area contributed by atoms with E-state index in [-0.39, 0.29) is 0 Å². The van der Waals surface area contributed by atoms with Crippen LogP contribution in [0.5, 0.6) is 0 Å². The van der Waals surface area contributed by atoms with E-state index in [1.807, 2.05) is 24.3 Å². The molecular formula is C17H24N6. The summed E-state index contributed by atoms with van der Waals surface area (Å²) >= 11 is 0. The highest BCUT2D eigenvalue weighted by molar-refractivity contribution is 5.72. The van der Waals surface area contributed by atoms with Gasteiger partial charge in [0.05, 0.1) is 11.4 Å². The van der Waals surface area contributed by atoms with E-state index in [0.29, 0.717) is 23.5 Å². The molecule has 1 aliphatic carbocycles. The van der Waals surface area contributed by atoms with Crippen LogP contribution in [0.2, 0.25) is 0 Å². The topological polar surface area (TPSA) is 93.1 Å². The van der Waals surface area contributed by atoms with Crippen molar-refractivity contribution in [3.8, 4) is 0 Å². The van der Waals surface area contributed by atoms with Gasteiger partial charge in [0.15, 0.2) is 5.82 Å². The number of nitrogens with two attached hydrogens (primary N) is 2. The molecule has 122 valence electrons. The number of aromatic nitrogens is 2. The average Bonchev–Trinajstić information content (AvgIpc) is 2.57. The first-order valence-corrected chi connectivity index (χ1v) is 8.12. The summed E-state index contributed by atoms with van der Waals surface area (Å²) in [5.74, 6) is 8.23. The largest absolute Gasteiger partial charge is 0.397 e. The minimum absolute atomic E-state index is 0.439. The molecule has 0 atom stereocenters. The van der Waals surface area contributed by atoms with E-state index in [2.05, 4.69) is 22.2 Å². The first kappa shape index (κ1) is 15.6. The lowest BCUT2D eigenvalue weighted by Crippen LogP contribution is -2.29. The summed E-state index contributed by atoms with van der Waals surface area (Å²) in [7, 11) is 0. The molecular weight excluding hydrogens is 288 g/mol. The number of anilines is 4. The van der Waals surface area contributed by atoms with Gasteiger partial charge in [0, 0.05) is 18.3 Å². The molecule has 6 heteroatoms. The van der Waals surface area contributed by atoms with E-state index < -0.39 is 0 Å². The highest BCUT2D eigenvalue weighted by atomic mass is 15.4. The average molecular weight is 312 g/mol. The van der Waals surface area contributed by atoms with Crippen molar-refractivity contribution in [1.29, 1.82) is 0 Å². The van der Waals surface area contributed by atoms with Crippen molar-refractivity contribution >= 4 is 23.1 Å². The minimum atomic E-state index is 0.439. The van der Waals surface area contributed by atoms with Crippen LogP contribution in [0.1, 0.15) is 32.6 Å². The van der Waals surface area contributed by atoms with Gasteiger partial charge in [-0.15, -0.1) is 0 Å². The van der Waals surface area contributed by atoms with Crippen molar-refractivity contribution in [3.63, 3.8) is 0 Å². The number of hydrazine groups is 1. The first-order valence-electron chi connectivity index (χ1n) is 8.12. The lowest BCUT2D eigenvalue weighted by atomic mass is 9.87. The van der Waals surface area contributed by atoms with Crippen LogP contribution < -0.4 is 21.9 Å². The minimum Gasteiger partial charge on any atom is -0.397 e. The van der Waals surface area contributed by atoms with Crippen LogP contribution in [0.4, 0.5) is 23.1 Å². The molecule has 1 aromatic carbocycles. The first-order chi connectivity index (χ1) is 11.1.